The minimum atomic E-state index is 0.331. The molecule has 1 heterocycles. The number of ether oxygens (including phenoxy) is 1. The molecule has 2 atom stereocenters. The van der Waals surface area contributed by atoms with Gasteiger partial charge in [0.25, 0.3) is 0 Å². The molecule has 1 saturated heterocycles. The van der Waals surface area contributed by atoms with Crippen LogP contribution in [0.1, 0.15) is 17.7 Å². The summed E-state index contributed by atoms with van der Waals surface area (Å²) in [6, 6.07) is 8.59. The van der Waals surface area contributed by atoms with Crippen LogP contribution in [0.3, 0.4) is 0 Å². The first-order chi connectivity index (χ1) is 6.81. The van der Waals surface area contributed by atoms with E-state index >= 15 is 0 Å². The largest absolute Gasteiger partial charge is 0.494 e. The number of thioether (sulfide) groups is 1. The summed E-state index contributed by atoms with van der Waals surface area (Å²) >= 11 is 1.92. The Morgan fingerprint density at radius 1 is 1.43 bits per heavy atom. The van der Waals surface area contributed by atoms with E-state index in [0.29, 0.717) is 11.3 Å². The first kappa shape index (κ1) is 9.87. The van der Waals surface area contributed by atoms with E-state index in [4.69, 9.17) is 10.5 Å². The van der Waals surface area contributed by atoms with Gasteiger partial charge in [-0.15, -0.1) is 0 Å². The van der Waals surface area contributed by atoms with E-state index < -0.39 is 0 Å². The molecule has 0 bridgehead atoms. The maximum atomic E-state index is 5.90. The van der Waals surface area contributed by atoms with E-state index in [2.05, 4.69) is 12.1 Å². The molecular weight excluding hydrogens is 194 g/mol. The van der Waals surface area contributed by atoms with Gasteiger partial charge in [-0.2, -0.15) is 11.8 Å². The SMILES string of the molecule is CCOc1ccc(C2SCC2N)cc1. The molecule has 0 radical (unpaired) electrons. The van der Waals surface area contributed by atoms with E-state index in [0.717, 1.165) is 18.1 Å². The molecule has 0 spiro atoms. The Kier molecular flexibility index (Phi) is 2.99. The van der Waals surface area contributed by atoms with Crippen molar-refractivity contribution in [2.75, 3.05) is 12.4 Å². The van der Waals surface area contributed by atoms with Crippen molar-refractivity contribution in [3.63, 3.8) is 0 Å². The van der Waals surface area contributed by atoms with Gasteiger partial charge < -0.3 is 10.5 Å². The zero-order valence-corrected chi connectivity index (χ0v) is 9.09. The second-order valence-corrected chi connectivity index (χ2v) is 4.59. The molecule has 2 rings (SSSR count). The average Bonchev–Trinajstić information content (AvgIpc) is 2.19. The van der Waals surface area contributed by atoms with Crippen molar-refractivity contribution in [2.45, 2.75) is 18.2 Å². The Morgan fingerprint density at radius 2 is 2.14 bits per heavy atom. The number of benzene rings is 1. The fourth-order valence-electron chi connectivity index (χ4n) is 1.57. The maximum Gasteiger partial charge on any atom is 0.119 e. The summed E-state index contributed by atoms with van der Waals surface area (Å²) in [4.78, 5) is 0. The fourth-order valence-corrected chi connectivity index (χ4v) is 2.52. The minimum Gasteiger partial charge on any atom is -0.494 e. The maximum absolute atomic E-state index is 5.90. The molecule has 2 N–H and O–H groups in total. The Bertz CT molecular complexity index is 299. The summed E-state index contributed by atoms with van der Waals surface area (Å²) in [7, 11) is 0. The van der Waals surface area contributed by atoms with E-state index in [1.807, 2.05) is 30.8 Å². The summed E-state index contributed by atoms with van der Waals surface area (Å²) in [5.74, 6) is 2.02. The molecule has 1 aromatic rings. The van der Waals surface area contributed by atoms with Crippen LogP contribution in [0.25, 0.3) is 0 Å². The number of hydrogen-bond acceptors (Lipinski definition) is 3. The molecule has 1 aliphatic rings. The van der Waals surface area contributed by atoms with Crippen LogP contribution in [-0.2, 0) is 0 Å². The van der Waals surface area contributed by atoms with Crippen LogP contribution in [0, 0.1) is 0 Å². The lowest BCUT2D eigenvalue weighted by molar-refractivity contribution is 0.340. The first-order valence-corrected chi connectivity index (χ1v) is 5.96. The molecule has 1 aliphatic heterocycles. The Hall–Kier alpha value is -0.670. The molecule has 1 fully saturated rings. The Morgan fingerprint density at radius 3 is 2.57 bits per heavy atom. The normalized spacial score (nSPS) is 25.6. The highest BCUT2D eigenvalue weighted by Gasteiger charge is 2.29. The first-order valence-electron chi connectivity index (χ1n) is 4.91. The van der Waals surface area contributed by atoms with Crippen LogP contribution in [0.2, 0.25) is 0 Å². The topological polar surface area (TPSA) is 35.2 Å². The lowest BCUT2D eigenvalue weighted by Gasteiger charge is -2.33. The van der Waals surface area contributed by atoms with Crippen molar-refractivity contribution >= 4 is 11.8 Å². The van der Waals surface area contributed by atoms with Gasteiger partial charge in [-0.1, -0.05) is 12.1 Å². The second kappa shape index (κ2) is 4.24. The Labute approximate surface area is 88.8 Å². The fraction of sp³-hybridized carbons (Fsp3) is 0.455. The zero-order chi connectivity index (χ0) is 9.97. The lowest BCUT2D eigenvalue weighted by atomic mass is 10.1. The third-order valence-corrected chi connectivity index (χ3v) is 3.93. The number of hydrogen-bond donors (Lipinski definition) is 1. The standard InChI is InChI=1S/C11H15NOS/c1-2-13-9-5-3-8(4-6-9)11-10(12)7-14-11/h3-6,10-11H,2,7,12H2,1H3. The summed E-state index contributed by atoms with van der Waals surface area (Å²) in [5.41, 5.74) is 7.22. The summed E-state index contributed by atoms with van der Waals surface area (Å²) in [6.07, 6.45) is 0. The number of nitrogens with two attached hydrogens (primary N) is 1. The van der Waals surface area contributed by atoms with Gasteiger partial charge in [0, 0.05) is 17.0 Å². The van der Waals surface area contributed by atoms with Crippen LogP contribution in [0.5, 0.6) is 5.75 Å². The molecule has 3 heteroatoms. The highest BCUT2D eigenvalue weighted by Crippen LogP contribution is 2.41. The van der Waals surface area contributed by atoms with Gasteiger partial charge in [-0.25, -0.2) is 0 Å². The quantitative estimate of drug-likeness (QED) is 0.829. The molecule has 2 nitrogen and oxygen atoms in total. The smallest absolute Gasteiger partial charge is 0.119 e. The second-order valence-electron chi connectivity index (χ2n) is 3.42. The van der Waals surface area contributed by atoms with Crippen LogP contribution in [0.4, 0.5) is 0 Å². The third-order valence-electron chi connectivity index (χ3n) is 2.38. The summed E-state index contributed by atoms with van der Waals surface area (Å²) in [5, 5.41) is 0.491. The average molecular weight is 209 g/mol. The van der Waals surface area contributed by atoms with Crippen molar-refractivity contribution < 1.29 is 4.74 Å². The monoisotopic (exact) mass is 209 g/mol. The molecule has 2 unspecified atom stereocenters. The third kappa shape index (κ3) is 1.88. The van der Waals surface area contributed by atoms with Gasteiger partial charge in [0.15, 0.2) is 0 Å². The Balaban J connectivity index is 2.06. The van der Waals surface area contributed by atoms with Crippen molar-refractivity contribution in [3.05, 3.63) is 29.8 Å². The van der Waals surface area contributed by atoms with E-state index in [1.165, 1.54) is 5.56 Å². The number of rotatable bonds is 3. The van der Waals surface area contributed by atoms with E-state index in [1.54, 1.807) is 0 Å². The summed E-state index contributed by atoms with van der Waals surface area (Å²) in [6.45, 7) is 2.71. The van der Waals surface area contributed by atoms with Crippen molar-refractivity contribution in [1.82, 2.24) is 0 Å². The lowest BCUT2D eigenvalue weighted by Crippen LogP contribution is -2.37. The molecule has 1 aromatic carbocycles. The van der Waals surface area contributed by atoms with Crippen LogP contribution in [0.15, 0.2) is 24.3 Å². The van der Waals surface area contributed by atoms with Crippen LogP contribution in [-0.4, -0.2) is 18.4 Å². The predicted octanol–water partition coefficient (Wildman–Crippen LogP) is 2.20. The van der Waals surface area contributed by atoms with Gasteiger partial charge >= 0.3 is 0 Å². The molecule has 14 heavy (non-hydrogen) atoms. The van der Waals surface area contributed by atoms with E-state index in [-0.39, 0.29) is 0 Å². The molecule has 0 saturated carbocycles. The van der Waals surface area contributed by atoms with Gasteiger partial charge in [0.2, 0.25) is 0 Å². The van der Waals surface area contributed by atoms with Crippen molar-refractivity contribution in [2.24, 2.45) is 5.73 Å². The van der Waals surface area contributed by atoms with Gasteiger partial charge in [-0.3, -0.25) is 0 Å². The molecular formula is C11H15NOS. The zero-order valence-electron chi connectivity index (χ0n) is 8.27. The molecule has 0 amide bonds. The van der Waals surface area contributed by atoms with Gasteiger partial charge in [0.1, 0.15) is 5.75 Å². The highest BCUT2D eigenvalue weighted by atomic mass is 32.2. The van der Waals surface area contributed by atoms with Gasteiger partial charge in [0.05, 0.1) is 6.61 Å². The highest BCUT2D eigenvalue weighted by molar-refractivity contribution is 8.01. The molecule has 0 aliphatic carbocycles. The van der Waals surface area contributed by atoms with Crippen LogP contribution >= 0.6 is 11.8 Å². The summed E-state index contributed by atoms with van der Waals surface area (Å²) < 4.78 is 5.38. The molecule has 76 valence electrons. The van der Waals surface area contributed by atoms with Gasteiger partial charge in [-0.05, 0) is 24.6 Å². The molecule has 0 aromatic heterocycles. The van der Waals surface area contributed by atoms with Crippen molar-refractivity contribution in [3.8, 4) is 5.75 Å². The van der Waals surface area contributed by atoms with Crippen LogP contribution < -0.4 is 10.5 Å². The van der Waals surface area contributed by atoms with Crippen molar-refractivity contribution in [1.29, 1.82) is 0 Å². The predicted molar refractivity (Wildman–Crippen MR) is 60.8 cm³/mol. The minimum absolute atomic E-state index is 0.331. The van der Waals surface area contributed by atoms with E-state index in [9.17, 15) is 0 Å².